The van der Waals surface area contributed by atoms with Crippen LogP contribution in [0.3, 0.4) is 0 Å². The van der Waals surface area contributed by atoms with Crippen LogP contribution in [0.2, 0.25) is 0 Å². The highest BCUT2D eigenvalue weighted by atomic mass is 19.1. The molecule has 0 saturated heterocycles. The first-order valence-electron chi connectivity index (χ1n) is 5.86. The average molecular weight is 237 g/mol. The zero-order valence-electron chi connectivity index (χ0n) is 10.0. The van der Waals surface area contributed by atoms with Crippen molar-refractivity contribution in [3.63, 3.8) is 0 Å². The molecule has 0 amide bonds. The third kappa shape index (κ3) is 1.86. The number of rotatable bonds is 1. The Bertz CT molecular complexity index is 702. The van der Waals surface area contributed by atoms with E-state index in [1.54, 1.807) is 12.1 Å². The minimum absolute atomic E-state index is 0.226. The molecule has 18 heavy (non-hydrogen) atoms. The van der Waals surface area contributed by atoms with Gasteiger partial charge in [-0.1, -0.05) is 18.2 Å². The predicted octanol–water partition coefficient (Wildman–Crippen LogP) is 4.35. The molecule has 0 radical (unpaired) electrons. The minimum Gasteiger partial charge on any atom is -0.248 e. The van der Waals surface area contributed by atoms with Crippen LogP contribution in [0.4, 0.5) is 4.39 Å². The molecule has 0 fully saturated rings. The summed E-state index contributed by atoms with van der Waals surface area (Å²) < 4.78 is 12.9. The molecular formula is C16H12FN. The minimum atomic E-state index is -0.226. The lowest BCUT2D eigenvalue weighted by Gasteiger charge is -2.06. The number of benzene rings is 2. The second-order valence-corrected chi connectivity index (χ2v) is 4.35. The van der Waals surface area contributed by atoms with E-state index in [4.69, 9.17) is 0 Å². The van der Waals surface area contributed by atoms with Crippen molar-refractivity contribution in [3.05, 3.63) is 66.0 Å². The van der Waals surface area contributed by atoms with Gasteiger partial charge in [-0.05, 0) is 48.9 Å². The first kappa shape index (κ1) is 10.9. The molecule has 1 aromatic heterocycles. The van der Waals surface area contributed by atoms with Crippen molar-refractivity contribution < 1.29 is 4.39 Å². The van der Waals surface area contributed by atoms with Crippen LogP contribution in [0.15, 0.2) is 54.6 Å². The predicted molar refractivity (Wildman–Crippen MR) is 71.9 cm³/mol. The molecule has 88 valence electrons. The molecule has 0 aliphatic rings. The highest BCUT2D eigenvalue weighted by molar-refractivity contribution is 5.84. The number of pyridine rings is 1. The summed E-state index contributed by atoms with van der Waals surface area (Å²) in [5, 5.41) is 1.16. The molecule has 0 aliphatic carbocycles. The fourth-order valence-electron chi connectivity index (χ4n) is 2.12. The lowest BCUT2D eigenvalue weighted by atomic mass is 10.1. The third-order valence-corrected chi connectivity index (χ3v) is 3.06. The molecular weight excluding hydrogens is 225 g/mol. The number of hydrogen-bond acceptors (Lipinski definition) is 1. The topological polar surface area (TPSA) is 12.9 Å². The summed E-state index contributed by atoms with van der Waals surface area (Å²) in [6, 6.07) is 16.5. The maximum absolute atomic E-state index is 12.9. The summed E-state index contributed by atoms with van der Waals surface area (Å²) in [5.41, 5.74) is 3.97. The number of fused-ring (bicyclic) bond motifs is 1. The number of aromatic nitrogens is 1. The molecule has 0 N–H and O–H groups in total. The van der Waals surface area contributed by atoms with E-state index in [0.29, 0.717) is 0 Å². The SMILES string of the molecule is Cc1cc(-c2ccc(F)cc2)nc2ccccc12. The monoisotopic (exact) mass is 237 g/mol. The molecule has 2 heteroatoms. The maximum atomic E-state index is 12.9. The standard InChI is InChI=1S/C16H12FN/c1-11-10-16(12-6-8-13(17)9-7-12)18-15-5-3-2-4-14(11)15/h2-10H,1H3. The van der Waals surface area contributed by atoms with Crippen LogP contribution < -0.4 is 0 Å². The number of halogens is 1. The third-order valence-electron chi connectivity index (χ3n) is 3.06. The van der Waals surface area contributed by atoms with Crippen LogP contribution in [0.5, 0.6) is 0 Å². The highest BCUT2D eigenvalue weighted by Gasteiger charge is 2.04. The van der Waals surface area contributed by atoms with Crippen molar-refractivity contribution in [2.45, 2.75) is 6.92 Å². The quantitative estimate of drug-likeness (QED) is 0.613. The van der Waals surface area contributed by atoms with Gasteiger partial charge in [-0.25, -0.2) is 9.37 Å². The second-order valence-electron chi connectivity index (χ2n) is 4.35. The van der Waals surface area contributed by atoms with Gasteiger partial charge >= 0.3 is 0 Å². The second kappa shape index (κ2) is 4.22. The van der Waals surface area contributed by atoms with E-state index in [2.05, 4.69) is 18.0 Å². The van der Waals surface area contributed by atoms with E-state index >= 15 is 0 Å². The van der Waals surface area contributed by atoms with E-state index in [9.17, 15) is 4.39 Å². The largest absolute Gasteiger partial charge is 0.248 e. The van der Waals surface area contributed by atoms with E-state index in [-0.39, 0.29) is 5.82 Å². The fraction of sp³-hybridized carbons (Fsp3) is 0.0625. The van der Waals surface area contributed by atoms with Gasteiger partial charge in [-0.15, -0.1) is 0 Å². The lowest BCUT2D eigenvalue weighted by molar-refractivity contribution is 0.628. The Morgan fingerprint density at radius 3 is 2.44 bits per heavy atom. The summed E-state index contributed by atoms with van der Waals surface area (Å²) >= 11 is 0. The van der Waals surface area contributed by atoms with E-state index < -0.39 is 0 Å². The van der Waals surface area contributed by atoms with Gasteiger partial charge in [0.1, 0.15) is 5.82 Å². The summed E-state index contributed by atoms with van der Waals surface area (Å²) in [6.45, 7) is 2.07. The summed E-state index contributed by atoms with van der Waals surface area (Å²) in [6.07, 6.45) is 0. The Labute approximate surface area is 105 Å². The van der Waals surface area contributed by atoms with Crippen molar-refractivity contribution in [3.8, 4) is 11.3 Å². The van der Waals surface area contributed by atoms with Gasteiger partial charge in [-0.3, -0.25) is 0 Å². The van der Waals surface area contributed by atoms with E-state index in [1.165, 1.54) is 17.7 Å². The number of nitrogens with zero attached hydrogens (tertiary/aromatic N) is 1. The molecule has 2 aromatic carbocycles. The lowest BCUT2D eigenvalue weighted by Crippen LogP contribution is -1.88. The normalized spacial score (nSPS) is 10.8. The summed E-state index contributed by atoms with van der Waals surface area (Å²) in [4.78, 5) is 4.61. The zero-order valence-corrected chi connectivity index (χ0v) is 10.0. The first-order chi connectivity index (χ1) is 8.74. The zero-order chi connectivity index (χ0) is 12.5. The van der Waals surface area contributed by atoms with Crippen molar-refractivity contribution in [1.29, 1.82) is 0 Å². The number of hydrogen-bond donors (Lipinski definition) is 0. The molecule has 0 unspecified atom stereocenters. The van der Waals surface area contributed by atoms with E-state index in [0.717, 1.165) is 22.2 Å². The first-order valence-corrected chi connectivity index (χ1v) is 5.86. The highest BCUT2D eigenvalue weighted by Crippen LogP contribution is 2.24. The molecule has 0 bridgehead atoms. The van der Waals surface area contributed by atoms with Crippen LogP contribution in [0, 0.1) is 12.7 Å². The maximum Gasteiger partial charge on any atom is 0.123 e. The molecule has 3 rings (SSSR count). The van der Waals surface area contributed by atoms with E-state index in [1.807, 2.05) is 24.3 Å². The van der Waals surface area contributed by atoms with Crippen molar-refractivity contribution in [2.24, 2.45) is 0 Å². The van der Waals surface area contributed by atoms with Crippen molar-refractivity contribution >= 4 is 10.9 Å². The number of aryl methyl sites for hydroxylation is 1. The Balaban J connectivity index is 2.21. The molecule has 1 nitrogen and oxygen atoms in total. The van der Waals surface area contributed by atoms with Crippen LogP contribution in [-0.4, -0.2) is 4.98 Å². The van der Waals surface area contributed by atoms with Crippen LogP contribution >= 0.6 is 0 Å². The van der Waals surface area contributed by atoms with Gasteiger partial charge in [0.05, 0.1) is 11.2 Å². The molecule has 0 aliphatic heterocycles. The van der Waals surface area contributed by atoms with Gasteiger partial charge in [0.25, 0.3) is 0 Å². The Kier molecular flexibility index (Phi) is 2.56. The Hall–Kier alpha value is -2.22. The Morgan fingerprint density at radius 1 is 0.944 bits per heavy atom. The van der Waals surface area contributed by atoms with Gasteiger partial charge in [0.15, 0.2) is 0 Å². The molecule has 0 atom stereocenters. The molecule has 3 aromatic rings. The average Bonchev–Trinajstić information content (AvgIpc) is 2.39. The van der Waals surface area contributed by atoms with Gasteiger partial charge < -0.3 is 0 Å². The van der Waals surface area contributed by atoms with Crippen LogP contribution in [0.25, 0.3) is 22.2 Å². The molecule has 1 heterocycles. The van der Waals surface area contributed by atoms with Crippen molar-refractivity contribution in [1.82, 2.24) is 4.98 Å². The van der Waals surface area contributed by atoms with Crippen molar-refractivity contribution in [2.75, 3.05) is 0 Å². The van der Waals surface area contributed by atoms with Gasteiger partial charge in [0, 0.05) is 10.9 Å². The Morgan fingerprint density at radius 2 is 1.67 bits per heavy atom. The summed E-state index contributed by atoms with van der Waals surface area (Å²) in [7, 11) is 0. The van der Waals surface area contributed by atoms with Crippen LogP contribution in [0.1, 0.15) is 5.56 Å². The smallest absolute Gasteiger partial charge is 0.123 e. The molecule has 0 saturated carbocycles. The number of para-hydroxylation sites is 1. The van der Waals surface area contributed by atoms with Gasteiger partial charge in [-0.2, -0.15) is 0 Å². The summed E-state index contributed by atoms with van der Waals surface area (Å²) in [5.74, 6) is -0.226. The fourth-order valence-corrected chi connectivity index (χ4v) is 2.12. The molecule has 0 spiro atoms. The van der Waals surface area contributed by atoms with Crippen LogP contribution in [-0.2, 0) is 0 Å². The van der Waals surface area contributed by atoms with Gasteiger partial charge in [0.2, 0.25) is 0 Å².